The summed E-state index contributed by atoms with van der Waals surface area (Å²) < 4.78 is 89.0. The van der Waals surface area contributed by atoms with Gasteiger partial charge in [-0.25, -0.2) is 51.9 Å². The van der Waals surface area contributed by atoms with E-state index in [2.05, 4.69) is 82.9 Å². The van der Waals surface area contributed by atoms with Crippen LogP contribution in [0.15, 0.2) is 146 Å². The Bertz CT molecular complexity index is 5490. The summed E-state index contributed by atoms with van der Waals surface area (Å²) in [5.74, 6) is 1.40. The third-order valence-corrected chi connectivity index (χ3v) is 23.1. The Morgan fingerprint density at radius 2 is 0.798 bits per heavy atom. The van der Waals surface area contributed by atoms with Gasteiger partial charge in [0.05, 0.1) is 101 Å². The van der Waals surface area contributed by atoms with Gasteiger partial charge in [-0.1, -0.05) is 36.4 Å². The number of pyridine rings is 6. The van der Waals surface area contributed by atoms with Crippen molar-refractivity contribution in [1.29, 1.82) is 0 Å². The number of alkyl halides is 2. The van der Waals surface area contributed by atoms with Crippen LogP contribution in [-0.2, 0) is 53.4 Å². The molecule has 0 spiro atoms. The monoisotopic (exact) mass is 1550 g/mol. The maximum Gasteiger partial charge on any atom is 0.254 e. The molecule has 0 radical (unpaired) electrons. The lowest BCUT2D eigenvalue weighted by Gasteiger charge is -2.21. The lowest BCUT2D eigenvalue weighted by Crippen LogP contribution is -2.22. The van der Waals surface area contributed by atoms with Crippen molar-refractivity contribution < 1.29 is 50.5 Å². The van der Waals surface area contributed by atoms with Crippen molar-refractivity contribution in [3.8, 4) is 33.8 Å². The molecule has 0 bridgehead atoms. The highest BCUT2D eigenvalue weighted by Gasteiger charge is 2.35. The maximum atomic E-state index is 13.7. The van der Waals surface area contributed by atoms with Gasteiger partial charge in [-0.05, 0) is 160 Å². The molecule has 6 N–H and O–H groups in total. The number of halogens is 5. The summed E-state index contributed by atoms with van der Waals surface area (Å²) in [4.78, 5) is 71.5. The predicted octanol–water partition coefficient (Wildman–Crippen LogP) is 14.9. The van der Waals surface area contributed by atoms with Crippen LogP contribution < -0.4 is 31.9 Å². The van der Waals surface area contributed by atoms with Gasteiger partial charge in [0.2, 0.25) is 6.43 Å². The first-order valence-electron chi connectivity index (χ1n) is 39.0. The smallest absolute Gasteiger partial charge is 0.254 e. The highest BCUT2D eigenvalue weighted by atomic mass is 19.3. The van der Waals surface area contributed by atoms with E-state index in [0.29, 0.717) is 138 Å². The molecule has 0 unspecified atom stereocenters. The number of aromatic nitrogens is 9. The van der Waals surface area contributed by atoms with E-state index in [4.69, 9.17) is 29.2 Å². The van der Waals surface area contributed by atoms with Crippen molar-refractivity contribution >= 4 is 69.2 Å². The minimum Gasteiger partial charge on any atom is -0.381 e. The lowest BCUT2D eigenvalue weighted by atomic mass is 9.94. The molecular weight excluding hydrogens is 1460 g/mol. The molecular formula is C86H84F5N17O6. The van der Waals surface area contributed by atoms with Crippen LogP contribution in [0.4, 0.5) is 56.5 Å². The van der Waals surface area contributed by atoms with Crippen molar-refractivity contribution in [1.82, 2.24) is 68.9 Å². The zero-order chi connectivity index (χ0) is 77.8. The fourth-order valence-corrected chi connectivity index (χ4v) is 16.8. The van der Waals surface area contributed by atoms with Gasteiger partial charge < -0.3 is 46.1 Å². The van der Waals surface area contributed by atoms with Gasteiger partial charge in [-0.3, -0.25) is 37.4 Å². The van der Waals surface area contributed by atoms with Gasteiger partial charge in [0.25, 0.3) is 17.7 Å². The van der Waals surface area contributed by atoms with Crippen LogP contribution >= 0.6 is 0 Å². The van der Waals surface area contributed by atoms with E-state index in [1.54, 1.807) is 41.6 Å². The molecule has 5 fully saturated rings. The third kappa shape index (κ3) is 15.1. The van der Waals surface area contributed by atoms with Crippen LogP contribution in [0.1, 0.15) is 157 Å². The summed E-state index contributed by atoms with van der Waals surface area (Å²) in [6.07, 6.45) is 16.2. The molecule has 15 heterocycles. The lowest BCUT2D eigenvalue weighted by molar-refractivity contribution is 0.0958. The number of hydrogen-bond donors (Lipinski definition) is 6. The SMILES string of the molecule is CN(Cc1nc(Nc2ccc(-c3cnc4cc(F)ccn34)c3c2C(=O)NC3)ccc1[C@@H]1CCOC1)C1CC1.CN(Cc1nc(Nc2ccc(-c3cnc4cc(F)ccn34)c3c2C(=O)NC3)ccc1[C@H]1CCOC1)C1CC1.O=C1NCc2c(-c3cnc4cc(F)ccn34)ccc(Nc3ccc([C@H]4CCOC4)c(CCCC(F)F)n3)c21. The van der Waals surface area contributed by atoms with Crippen molar-refractivity contribution in [2.75, 3.05) is 69.7 Å². The summed E-state index contributed by atoms with van der Waals surface area (Å²) in [6.45, 7) is 7.08. The number of ether oxygens (including phenoxy) is 3. The minimum absolute atomic E-state index is 0.127. The van der Waals surface area contributed by atoms with Gasteiger partial charge >= 0.3 is 0 Å². The van der Waals surface area contributed by atoms with Crippen molar-refractivity contribution in [3.05, 3.63) is 231 Å². The number of hydrogen-bond acceptors (Lipinski definition) is 17. The Hall–Kier alpha value is -11.6. The molecule has 2 aliphatic carbocycles. The van der Waals surface area contributed by atoms with E-state index in [1.807, 2.05) is 69.5 Å². The van der Waals surface area contributed by atoms with Crippen LogP contribution in [0.25, 0.3) is 50.7 Å². The zero-order valence-electron chi connectivity index (χ0n) is 62.9. The Kier molecular flexibility index (Phi) is 20.4. The van der Waals surface area contributed by atoms with Crippen LogP contribution in [0.2, 0.25) is 0 Å². The minimum atomic E-state index is -2.35. The van der Waals surface area contributed by atoms with Crippen molar-refractivity contribution in [2.45, 2.75) is 133 Å². The van der Waals surface area contributed by atoms with Crippen molar-refractivity contribution in [3.63, 3.8) is 0 Å². The molecule has 28 heteroatoms. The number of amides is 3. The second-order valence-corrected chi connectivity index (χ2v) is 30.6. The average molecular weight is 1550 g/mol. The first-order chi connectivity index (χ1) is 55.6. The highest BCUT2D eigenvalue weighted by Crippen LogP contribution is 2.42. The number of imidazole rings is 3. The number of benzene rings is 3. The molecule has 12 aromatic rings. The molecule has 3 amide bonds. The number of rotatable bonds is 22. The van der Waals surface area contributed by atoms with E-state index in [-0.39, 0.29) is 47.5 Å². The molecule has 9 aromatic heterocycles. The Morgan fingerprint density at radius 3 is 1.12 bits per heavy atom. The number of carbonyl (C=O) groups excluding carboxylic acids is 3. The topological polar surface area (TPSA) is 248 Å². The van der Waals surface area contributed by atoms with Gasteiger partial charge in [0, 0.05) is 148 Å². The molecule has 6 aliphatic heterocycles. The van der Waals surface area contributed by atoms with Crippen LogP contribution in [0.3, 0.4) is 0 Å². The molecule has 3 aromatic carbocycles. The fraction of sp³-hybridized carbons (Fsp3) is 0.337. The predicted molar refractivity (Wildman–Crippen MR) is 420 cm³/mol. The fourth-order valence-electron chi connectivity index (χ4n) is 16.8. The summed E-state index contributed by atoms with van der Waals surface area (Å²) in [5, 5.41) is 19.0. The standard InChI is InChI=1S/2C29H29FN6O2.C28H26F3N5O2/c2*1-35(19-2-3-19)15-24-20(17-9-11-38-16-17)5-7-26(34-24)33-23-6-4-21(22-13-32-29(37)28(22)23)25-14-31-27-12-18(30)8-10-36(25)27;29-17-8-10-36-23(14-32-26(36)12-17)19-4-6-22(27-20(19)13-33-28(27)37)35-25-7-5-18(16-9-11-38-15-16)21(34-25)2-1-3-24(30)31/h2*4-8,10,12,14,17,19H,2-3,9,11,13,15-16H2,1H3,(H,32,37)(H,33,34);4-8,10,12,14,16,24H,1-3,9,11,13,15H2,(H,33,37)(H,34,35)/t2*17-;16-/m100/s1. The van der Waals surface area contributed by atoms with Gasteiger partial charge in [-0.15, -0.1) is 0 Å². The summed E-state index contributed by atoms with van der Waals surface area (Å²) in [5.41, 5.74) is 19.3. The molecule has 584 valence electrons. The molecule has 3 saturated heterocycles. The maximum absolute atomic E-state index is 13.7. The Balaban J connectivity index is 0.000000119. The number of carbonyl (C=O) groups is 3. The normalized spacial score (nSPS) is 18.2. The Labute approximate surface area is 653 Å². The first kappa shape index (κ1) is 73.9. The highest BCUT2D eigenvalue weighted by molar-refractivity contribution is 6.08. The van der Waals surface area contributed by atoms with Gasteiger partial charge in [-0.2, -0.15) is 0 Å². The molecule has 8 aliphatic rings. The number of aryl methyl sites for hydroxylation is 1. The van der Waals surface area contributed by atoms with E-state index >= 15 is 0 Å². The van der Waals surface area contributed by atoms with E-state index in [9.17, 15) is 36.3 Å². The van der Waals surface area contributed by atoms with Crippen LogP contribution in [0, 0.1) is 17.5 Å². The largest absolute Gasteiger partial charge is 0.381 e. The summed E-state index contributed by atoms with van der Waals surface area (Å²) >= 11 is 0. The second-order valence-electron chi connectivity index (χ2n) is 30.6. The zero-order valence-corrected chi connectivity index (χ0v) is 62.9. The number of fused-ring (bicyclic) bond motifs is 6. The number of nitrogens with one attached hydrogen (secondary N) is 6. The number of nitrogens with zero attached hydrogens (tertiary/aromatic N) is 11. The van der Waals surface area contributed by atoms with Gasteiger partial charge in [0.15, 0.2) is 0 Å². The van der Waals surface area contributed by atoms with E-state index in [0.717, 1.165) is 132 Å². The molecule has 3 atom stereocenters. The first-order valence-corrected chi connectivity index (χ1v) is 39.0. The van der Waals surface area contributed by atoms with E-state index in [1.165, 1.54) is 73.2 Å². The molecule has 23 nitrogen and oxygen atoms in total. The Morgan fingerprint density at radius 1 is 0.456 bits per heavy atom. The third-order valence-electron chi connectivity index (χ3n) is 23.1. The van der Waals surface area contributed by atoms with Crippen LogP contribution in [-0.4, -0.2) is 143 Å². The molecule has 20 rings (SSSR count). The van der Waals surface area contributed by atoms with Crippen LogP contribution in [0.5, 0.6) is 0 Å². The van der Waals surface area contributed by atoms with Gasteiger partial charge in [0.1, 0.15) is 51.8 Å². The summed E-state index contributed by atoms with van der Waals surface area (Å²) in [6, 6.07) is 33.3. The number of anilines is 6. The second kappa shape index (κ2) is 31.4. The average Bonchev–Trinajstić information content (AvgIpc) is 1.60. The van der Waals surface area contributed by atoms with E-state index < -0.39 is 6.43 Å². The quantitative estimate of drug-likeness (QED) is 0.0345. The molecule has 2 saturated carbocycles. The molecule has 114 heavy (non-hydrogen) atoms. The summed E-state index contributed by atoms with van der Waals surface area (Å²) in [7, 11) is 4.33. The van der Waals surface area contributed by atoms with Crippen molar-refractivity contribution in [2.24, 2.45) is 0 Å².